The number of benzene rings is 1. The third-order valence-electron chi connectivity index (χ3n) is 2.80. The molecule has 2 heterocycles. The summed E-state index contributed by atoms with van der Waals surface area (Å²) >= 11 is 0. The normalized spacial score (nSPS) is 12.5. The van der Waals surface area contributed by atoms with Gasteiger partial charge in [-0.15, -0.1) is 0 Å². The summed E-state index contributed by atoms with van der Waals surface area (Å²) in [6.45, 7) is 0. The standard InChI is InChI=1S/C14H11N3O/c18-13(14-16-8-3-9-17-14)11-4-1-6-12-10(11)5-2-7-15-12/h1-9,13,18H. The first-order valence-corrected chi connectivity index (χ1v) is 5.65. The molecular weight excluding hydrogens is 226 g/mol. The molecule has 0 bridgehead atoms. The van der Waals surface area contributed by atoms with Gasteiger partial charge < -0.3 is 5.11 Å². The van der Waals surface area contributed by atoms with E-state index in [-0.39, 0.29) is 0 Å². The van der Waals surface area contributed by atoms with E-state index in [1.807, 2.05) is 30.3 Å². The van der Waals surface area contributed by atoms with Gasteiger partial charge in [0.25, 0.3) is 0 Å². The van der Waals surface area contributed by atoms with Gasteiger partial charge >= 0.3 is 0 Å². The summed E-state index contributed by atoms with van der Waals surface area (Å²) in [6.07, 6.45) is 4.14. The van der Waals surface area contributed by atoms with Gasteiger partial charge in [-0.25, -0.2) is 9.97 Å². The van der Waals surface area contributed by atoms with Crippen molar-refractivity contribution >= 4 is 10.9 Å². The van der Waals surface area contributed by atoms with Crippen LogP contribution in [0.3, 0.4) is 0 Å². The van der Waals surface area contributed by atoms with Crippen LogP contribution in [0, 0.1) is 0 Å². The Bertz CT molecular complexity index is 665. The van der Waals surface area contributed by atoms with E-state index in [1.54, 1.807) is 24.7 Å². The first kappa shape index (κ1) is 10.8. The molecule has 88 valence electrons. The van der Waals surface area contributed by atoms with Gasteiger partial charge in [0.2, 0.25) is 0 Å². The molecule has 3 aromatic rings. The van der Waals surface area contributed by atoms with E-state index in [2.05, 4.69) is 15.0 Å². The molecule has 0 fully saturated rings. The quantitative estimate of drug-likeness (QED) is 0.741. The van der Waals surface area contributed by atoms with Crippen molar-refractivity contribution in [3.05, 3.63) is 66.4 Å². The van der Waals surface area contributed by atoms with Crippen molar-refractivity contribution < 1.29 is 5.11 Å². The molecule has 0 spiro atoms. The number of nitrogens with zero attached hydrogens (tertiary/aromatic N) is 3. The maximum atomic E-state index is 10.3. The van der Waals surface area contributed by atoms with Crippen LogP contribution in [-0.2, 0) is 0 Å². The summed E-state index contributed by atoms with van der Waals surface area (Å²) in [7, 11) is 0. The Balaban J connectivity index is 2.15. The molecule has 4 nitrogen and oxygen atoms in total. The first-order chi connectivity index (χ1) is 8.86. The van der Waals surface area contributed by atoms with E-state index in [0.717, 1.165) is 16.5 Å². The fourth-order valence-electron chi connectivity index (χ4n) is 1.96. The molecule has 2 aromatic heterocycles. The Hall–Kier alpha value is -2.33. The van der Waals surface area contributed by atoms with Crippen molar-refractivity contribution in [2.45, 2.75) is 6.10 Å². The molecule has 1 N–H and O–H groups in total. The van der Waals surface area contributed by atoms with Crippen molar-refractivity contribution in [2.24, 2.45) is 0 Å². The number of hydrogen-bond donors (Lipinski definition) is 1. The molecule has 1 aromatic carbocycles. The zero-order valence-corrected chi connectivity index (χ0v) is 9.56. The summed E-state index contributed by atoms with van der Waals surface area (Å²) in [6, 6.07) is 11.2. The van der Waals surface area contributed by atoms with Crippen LogP contribution < -0.4 is 0 Å². The molecule has 18 heavy (non-hydrogen) atoms. The molecule has 0 aliphatic rings. The fourth-order valence-corrected chi connectivity index (χ4v) is 1.96. The minimum Gasteiger partial charge on any atom is -0.380 e. The van der Waals surface area contributed by atoms with Gasteiger partial charge in [-0.2, -0.15) is 0 Å². The molecule has 0 amide bonds. The van der Waals surface area contributed by atoms with Crippen molar-refractivity contribution in [3.8, 4) is 0 Å². The van der Waals surface area contributed by atoms with Gasteiger partial charge in [0.1, 0.15) is 6.10 Å². The molecule has 3 rings (SSSR count). The maximum absolute atomic E-state index is 10.3. The SMILES string of the molecule is OC(c1ncccn1)c1cccc2ncccc12. The van der Waals surface area contributed by atoms with Crippen LogP contribution in [0.4, 0.5) is 0 Å². The van der Waals surface area contributed by atoms with Crippen LogP contribution in [0.15, 0.2) is 55.0 Å². The number of fused-ring (bicyclic) bond motifs is 1. The second-order valence-electron chi connectivity index (χ2n) is 3.93. The second-order valence-corrected chi connectivity index (χ2v) is 3.93. The largest absolute Gasteiger partial charge is 0.380 e. The van der Waals surface area contributed by atoms with Gasteiger partial charge in [0.05, 0.1) is 5.52 Å². The van der Waals surface area contributed by atoms with Crippen molar-refractivity contribution in [1.82, 2.24) is 15.0 Å². The van der Waals surface area contributed by atoms with E-state index < -0.39 is 6.10 Å². The summed E-state index contributed by atoms with van der Waals surface area (Å²) in [5.74, 6) is 0.397. The monoisotopic (exact) mass is 237 g/mol. The van der Waals surface area contributed by atoms with Gasteiger partial charge in [-0.1, -0.05) is 18.2 Å². The average Bonchev–Trinajstić information content (AvgIpc) is 2.47. The van der Waals surface area contributed by atoms with Crippen molar-refractivity contribution in [3.63, 3.8) is 0 Å². The van der Waals surface area contributed by atoms with Crippen LogP contribution in [0.2, 0.25) is 0 Å². The lowest BCUT2D eigenvalue weighted by Crippen LogP contribution is -2.05. The number of pyridine rings is 1. The van der Waals surface area contributed by atoms with Crippen LogP contribution in [0.1, 0.15) is 17.5 Å². The van der Waals surface area contributed by atoms with Crippen LogP contribution in [0.25, 0.3) is 10.9 Å². The highest BCUT2D eigenvalue weighted by molar-refractivity contribution is 5.82. The topological polar surface area (TPSA) is 58.9 Å². The highest BCUT2D eigenvalue weighted by atomic mass is 16.3. The Labute approximate surface area is 104 Å². The molecule has 0 aliphatic heterocycles. The Morgan fingerprint density at radius 2 is 1.61 bits per heavy atom. The van der Waals surface area contributed by atoms with E-state index in [0.29, 0.717) is 5.82 Å². The summed E-state index contributed by atoms with van der Waals surface area (Å²) in [5, 5.41) is 11.3. The van der Waals surface area contributed by atoms with E-state index in [1.165, 1.54) is 0 Å². The fraction of sp³-hybridized carbons (Fsp3) is 0.0714. The number of aromatic nitrogens is 3. The van der Waals surface area contributed by atoms with Crippen LogP contribution in [-0.4, -0.2) is 20.1 Å². The molecule has 0 saturated heterocycles. The third kappa shape index (κ3) is 1.83. The zero-order chi connectivity index (χ0) is 12.4. The minimum absolute atomic E-state index is 0.397. The zero-order valence-electron chi connectivity index (χ0n) is 9.56. The van der Waals surface area contributed by atoms with Crippen LogP contribution >= 0.6 is 0 Å². The first-order valence-electron chi connectivity index (χ1n) is 5.65. The minimum atomic E-state index is -0.834. The van der Waals surface area contributed by atoms with Gasteiger partial charge in [0, 0.05) is 24.0 Å². The predicted octanol–water partition coefficient (Wildman–Crippen LogP) is 2.11. The maximum Gasteiger partial charge on any atom is 0.161 e. The predicted molar refractivity (Wildman–Crippen MR) is 67.8 cm³/mol. The van der Waals surface area contributed by atoms with E-state index in [4.69, 9.17) is 0 Å². The smallest absolute Gasteiger partial charge is 0.161 e. The molecular formula is C14H11N3O. The van der Waals surface area contributed by atoms with E-state index >= 15 is 0 Å². The summed E-state index contributed by atoms with van der Waals surface area (Å²) < 4.78 is 0. The average molecular weight is 237 g/mol. The molecule has 0 saturated carbocycles. The number of aliphatic hydroxyl groups excluding tert-OH is 1. The Morgan fingerprint density at radius 1 is 0.833 bits per heavy atom. The van der Waals surface area contributed by atoms with Crippen molar-refractivity contribution in [1.29, 1.82) is 0 Å². The lowest BCUT2D eigenvalue weighted by Gasteiger charge is -2.11. The number of hydrogen-bond acceptors (Lipinski definition) is 4. The van der Waals surface area contributed by atoms with E-state index in [9.17, 15) is 5.11 Å². The Kier molecular flexibility index (Phi) is 2.70. The number of rotatable bonds is 2. The lowest BCUT2D eigenvalue weighted by atomic mass is 10.0. The summed E-state index contributed by atoms with van der Waals surface area (Å²) in [4.78, 5) is 12.4. The third-order valence-corrected chi connectivity index (χ3v) is 2.80. The summed E-state index contributed by atoms with van der Waals surface area (Å²) in [5.41, 5.74) is 1.62. The van der Waals surface area contributed by atoms with Gasteiger partial charge in [-0.05, 0) is 23.8 Å². The highest BCUT2D eigenvalue weighted by Gasteiger charge is 2.15. The molecule has 1 unspecified atom stereocenters. The highest BCUT2D eigenvalue weighted by Crippen LogP contribution is 2.25. The molecule has 0 radical (unpaired) electrons. The molecule has 4 heteroatoms. The Morgan fingerprint density at radius 3 is 2.44 bits per heavy atom. The van der Waals surface area contributed by atoms with Gasteiger partial charge in [0.15, 0.2) is 5.82 Å². The van der Waals surface area contributed by atoms with Crippen LogP contribution in [0.5, 0.6) is 0 Å². The van der Waals surface area contributed by atoms with Crippen molar-refractivity contribution in [2.75, 3.05) is 0 Å². The number of aliphatic hydroxyl groups is 1. The molecule has 1 atom stereocenters. The van der Waals surface area contributed by atoms with Gasteiger partial charge in [-0.3, -0.25) is 4.98 Å². The second kappa shape index (κ2) is 4.50. The molecule has 0 aliphatic carbocycles. The lowest BCUT2D eigenvalue weighted by molar-refractivity contribution is 0.211.